The summed E-state index contributed by atoms with van der Waals surface area (Å²) in [5.74, 6) is 0. The van der Waals surface area contributed by atoms with Gasteiger partial charge < -0.3 is 19.4 Å². The molecular formula is C12H17O4P. The maximum Gasteiger partial charge on any atom is 0.327 e. The van der Waals surface area contributed by atoms with Crippen molar-refractivity contribution in [1.29, 1.82) is 0 Å². The molecule has 2 atom stereocenters. The molecule has 0 bridgehead atoms. The Balaban J connectivity index is 2.58. The van der Waals surface area contributed by atoms with Crippen molar-refractivity contribution in [2.75, 3.05) is 0 Å². The van der Waals surface area contributed by atoms with Gasteiger partial charge in [0, 0.05) is 6.42 Å². The van der Waals surface area contributed by atoms with Gasteiger partial charge in [0.1, 0.15) is 0 Å². The van der Waals surface area contributed by atoms with Crippen LogP contribution in [-0.4, -0.2) is 27.1 Å². The average Bonchev–Trinajstić information content (AvgIpc) is 2.29. The summed E-state index contributed by atoms with van der Waals surface area (Å²) in [6, 6.07) is 9.46. The Labute approximate surface area is 102 Å². The molecular weight excluding hydrogens is 239 g/mol. The first-order valence-corrected chi connectivity index (χ1v) is 6.47. The largest absolute Gasteiger partial charge is 0.390 e. The lowest BCUT2D eigenvalue weighted by molar-refractivity contribution is 0.0310. The summed E-state index contributed by atoms with van der Waals surface area (Å²) in [6.45, 7) is 3.55. The Bertz CT molecular complexity index is 329. The van der Waals surface area contributed by atoms with Crippen LogP contribution in [0.25, 0.3) is 0 Å². The van der Waals surface area contributed by atoms with Gasteiger partial charge in [-0.2, -0.15) is 0 Å². The van der Waals surface area contributed by atoms with Gasteiger partial charge in [0.25, 0.3) is 0 Å². The first-order chi connectivity index (χ1) is 8.13. The first kappa shape index (κ1) is 14.3. The highest BCUT2D eigenvalue weighted by molar-refractivity contribution is 7.39. The predicted molar refractivity (Wildman–Crippen MR) is 67.2 cm³/mol. The lowest BCUT2D eigenvalue weighted by atomic mass is 10.0. The Morgan fingerprint density at radius 3 is 2.47 bits per heavy atom. The van der Waals surface area contributed by atoms with Gasteiger partial charge in [-0.1, -0.05) is 36.4 Å². The molecule has 0 aliphatic heterocycles. The molecule has 17 heavy (non-hydrogen) atoms. The molecule has 4 nitrogen and oxygen atoms in total. The molecule has 0 aliphatic carbocycles. The quantitative estimate of drug-likeness (QED) is 0.513. The van der Waals surface area contributed by atoms with Crippen LogP contribution in [0.2, 0.25) is 0 Å². The Morgan fingerprint density at radius 1 is 1.29 bits per heavy atom. The van der Waals surface area contributed by atoms with Crippen LogP contribution in [0.4, 0.5) is 0 Å². The van der Waals surface area contributed by atoms with Gasteiger partial charge in [-0.3, -0.25) is 0 Å². The molecule has 0 aliphatic rings. The Hall–Kier alpha value is -0.770. The molecule has 0 aromatic heterocycles. The summed E-state index contributed by atoms with van der Waals surface area (Å²) in [5, 5.41) is 9.96. The summed E-state index contributed by atoms with van der Waals surface area (Å²) >= 11 is 0. The van der Waals surface area contributed by atoms with Crippen LogP contribution < -0.4 is 0 Å². The van der Waals surface area contributed by atoms with Crippen LogP contribution in [0.1, 0.15) is 12.0 Å². The molecule has 1 rings (SSSR count). The van der Waals surface area contributed by atoms with E-state index in [4.69, 9.17) is 14.3 Å². The van der Waals surface area contributed by atoms with Crippen LogP contribution in [-0.2, 0) is 10.9 Å². The van der Waals surface area contributed by atoms with Gasteiger partial charge in [-0.05, 0) is 12.0 Å². The van der Waals surface area contributed by atoms with Crippen LogP contribution in [0.3, 0.4) is 0 Å². The fourth-order valence-corrected chi connectivity index (χ4v) is 2.01. The van der Waals surface area contributed by atoms with Crippen LogP contribution in [0.15, 0.2) is 43.0 Å². The molecule has 3 N–H and O–H groups in total. The fourth-order valence-electron chi connectivity index (χ4n) is 1.54. The third-order valence-electron chi connectivity index (χ3n) is 2.35. The zero-order valence-electron chi connectivity index (χ0n) is 9.44. The zero-order chi connectivity index (χ0) is 12.7. The minimum Gasteiger partial charge on any atom is -0.390 e. The Kier molecular flexibility index (Phi) is 6.34. The third kappa shape index (κ3) is 5.39. The van der Waals surface area contributed by atoms with E-state index in [0.29, 0.717) is 12.8 Å². The van der Waals surface area contributed by atoms with E-state index < -0.39 is 20.8 Å². The second kappa shape index (κ2) is 7.54. The molecule has 0 amide bonds. The molecule has 0 saturated carbocycles. The minimum absolute atomic E-state index is 0.369. The van der Waals surface area contributed by atoms with Crippen molar-refractivity contribution >= 4 is 8.60 Å². The highest BCUT2D eigenvalue weighted by atomic mass is 31.2. The first-order valence-electron chi connectivity index (χ1n) is 5.31. The van der Waals surface area contributed by atoms with Crippen molar-refractivity contribution in [2.24, 2.45) is 0 Å². The fraction of sp³-hybridized carbons (Fsp3) is 0.333. The van der Waals surface area contributed by atoms with Crippen molar-refractivity contribution in [1.82, 2.24) is 0 Å². The highest BCUT2D eigenvalue weighted by Gasteiger charge is 2.22. The van der Waals surface area contributed by atoms with E-state index in [1.165, 1.54) is 0 Å². The number of aliphatic hydroxyl groups excluding tert-OH is 1. The van der Waals surface area contributed by atoms with E-state index in [9.17, 15) is 5.11 Å². The standard InChI is InChI=1S/C12H17O4P/c1-2-6-12(16-17(14)15)11(13)9-10-7-4-3-5-8-10/h2-5,7-8,11-15H,1,6,9H2. The molecule has 0 spiro atoms. The van der Waals surface area contributed by atoms with Gasteiger partial charge in [-0.15, -0.1) is 6.58 Å². The number of rotatable bonds is 7. The topological polar surface area (TPSA) is 69.9 Å². The van der Waals surface area contributed by atoms with Crippen LogP contribution in [0.5, 0.6) is 0 Å². The molecule has 0 heterocycles. The molecule has 1 aromatic carbocycles. The van der Waals surface area contributed by atoms with E-state index in [0.717, 1.165) is 5.56 Å². The number of aliphatic hydroxyl groups is 1. The summed E-state index contributed by atoms with van der Waals surface area (Å²) in [4.78, 5) is 17.6. The summed E-state index contributed by atoms with van der Waals surface area (Å²) < 4.78 is 4.88. The monoisotopic (exact) mass is 256 g/mol. The molecule has 0 radical (unpaired) electrons. The van der Waals surface area contributed by atoms with Gasteiger partial charge in [0.05, 0.1) is 12.2 Å². The lowest BCUT2D eigenvalue weighted by Crippen LogP contribution is -2.29. The normalized spacial score (nSPS) is 14.6. The minimum atomic E-state index is -2.47. The maximum atomic E-state index is 9.96. The van der Waals surface area contributed by atoms with E-state index >= 15 is 0 Å². The molecule has 1 aromatic rings. The molecule has 0 fully saturated rings. The molecule has 94 valence electrons. The van der Waals surface area contributed by atoms with Crippen LogP contribution >= 0.6 is 8.60 Å². The van der Waals surface area contributed by atoms with Gasteiger partial charge in [0.2, 0.25) is 0 Å². The van der Waals surface area contributed by atoms with Crippen molar-refractivity contribution in [2.45, 2.75) is 25.0 Å². The van der Waals surface area contributed by atoms with Gasteiger partial charge >= 0.3 is 8.60 Å². The molecule has 5 heteroatoms. The summed E-state index contributed by atoms with van der Waals surface area (Å²) in [6.07, 6.45) is 0.919. The van der Waals surface area contributed by atoms with E-state index in [1.54, 1.807) is 6.08 Å². The van der Waals surface area contributed by atoms with Gasteiger partial charge in [0.15, 0.2) is 0 Å². The average molecular weight is 256 g/mol. The SMILES string of the molecule is C=CCC(OP(O)O)C(O)Cc1ccccc1. The lowest BCUT2D eigenvalue weighted by Gasteiger charge is -2.22. The number of hydrogen-bond donors (Lipinski definition) is 3. The zero-order valence-corrected chi connectivity index (χ0v) is 10.3. The van der Waals surface area contributed by atoms with E-state index in [1.807, 2.05) is 30.3 Å². The summed E-state index contributed by atoms with van der Waals surface area (Å²) in [5.41, 5.74) is 0.970. The molecule has 0 saturated heterocycles. The van der Waals surface area contributed by atoms with Crippen molar-refractivity contribution in [3.63, 3.8) is 0 Å². The van der Waals surface area contributed by atoms with Crippen LogP contribution in [0, 0.1) is 0 Å². The third-order valence-corrected chi connectivity index (χ3v) is 2.80. The smallest absolute Gasteiger partial charge is 0.327 e. The van der Waals surface area contributed by atoms with Gasteiger partial charge in [-0.25, -0.2) is 0 Å². The van der Waals surface area contributed by atoms with Crippen molar-refractivity contribution in [3.8, 4) is 0 Å². The number of hydrogen-bond acceptors (Lipinski definition) is 4. The Morgan fingerprint density at radius 2 is 1.94 bits per heavy atom. The van der Waals surface area contributed by atoms with Crippen molar-refractivity contribution < 1.29 is 19.4 Å². The highest BCUT2D eigenvalue weighted by Crippen LogP contribution is 2.30. The second-order valence-corrected chi connectivity index (χ2v) is 4.39. The second-order valence-electron chi connectivity index (χ2n) is 3.68. The predicted octanol–water partition coefficient (Wildman–Crippen LogP) is 1.76. The summed E-state index contributed by atoms with van der Waals surface area (Å²) in [7, 11) is -2.47. The maximum absolute atomic E-state index is 9.96. The van der Waals surface area contributed by atoms with E-state index in [2.05, 4.69) is 6.58 Å². The van der Waals surface area contributed by atoms with Crippen molar-refractivity contribution in [3.05, 3.63) is 48.6 Å². The number of benzene rings is 1. The molecule has 2 unspecified atom stereocenters. The van der Waals surface area contributed by atoms with E-state index in [-0.39, 0.29) is 0 Å².